The number of carbonyl (C=O) groups is 1. The molecule has 0 aromatic carbocycles. The number of methoxy groups -OCH3 is 1. The maximum atomic E-state index is 12.6. The van der Waals surface area contributed by atoms with Crippen molar-refractivity contribution in [2.45, 2.75) is 51.9 Å². The van der Waals surface area contributed by atoms with Crippen LogP contribution in [0.4, 0.5) is 0 Å². The van der Waals surface area contributed by atoms with Gasteiger partial charge in [0, 0.05) is 0 Å². The molecule has 0 aromatic rings. The second kappa shape index (κ2) is 5.70. The van der Waals surface area contributed by atoms with E-state index in [4.69, 9.17) is 20.3 Å². The van der Waals surface area contributed by atoms with Crippen molar-refractivity contribution < 1.29 is 25.1 Å². The van der Waals surface area contributed by atoms with E-state index in [1.54, 1.807) is 7.11 Å². The van der Waals surface area contributed by atoms with E-state index in [-0.39, 0.29) is 5.41 Å². The van der Waals surface area contributed by atoms with Crippen molar-refractivity contribution in [3.05, 3.63) is 23.5 Å². The van der Waals surface area contributed by atoms with Crippen LogP contribution in [-0.2, 0) is 25.1 Å². The van der Waals surface area contributed by atoms with Crippen LogP contribution in [0.5, 0.6) is 0 Å². The van der Waals surface area contributed by atoms with Gasteiger partial charge in [-0.1, -0.05) is 0 Å². The first kappa shape index (κ1) is 15.8. The summed E-state index contributed by atoms with van der Waals surface area (Å²) in [6.07, 6.45) is 11.6. The minimum absolute atomic E-state index is 0.124. The van der Waals surface area contributed by atoms with Gasteiger partial charge >= 0.3 is 147 Å². The number of fused-ring (bicyclic) bond motifs is 5. The van der Waals surface area contributed by atoms with Crippen molar-refractivity contribution >= 4 is 10.2 Å². The van der Waals surface area contributed by atoms with Crippen molar-refractivity contribution in [3.63, 3.8) is 0 Å². The van der Waals surface area contributed by atoms with Gasteiger partial charge in [0.1, 0.15) is 0 Å². The Kier molecular flexibility index (Phi) is 3.93. The Morgan fingerprint density at radius 2 is 2.17 bits per heavy atom. The molecule has 0 N–H and O–H groups in total. The minimum atomic E-state index is -0.124. The van der Waals surface area contributed by atoms with E-state index in [0.717, 1.165) is 50.7 Å². The molecule has 0 saturated heterocycles. The van der Waals surface area contributed by atoms with Crippen LogP contribution >= 0.6 is 0 Å². The van der Waals surface area contributed by atoms with Gasteiger partial charge in [0.05, 0.1) is 0 Å². The number of allylic oxidation sites excluding steroid dienone is 4. The Morgan fingerprint density at radius 3 is 2.91 bits per heavy atom. The van der Waals surface area contributed by atoms with Gasteiger partial charge < -0.3 is 0 Å². The molecule has 0 aromatic heterocycles. The van der Waals surface area contributed by atoms with Crippen LogP contribution in [0, 0.1) is 29.1 Å². The molecule has 129 valence electrons. The fourth-order valence-electron chi connectivity index (χ4n) is 5.99. The summed E-state index contributed by atoms with van der Waals surface area (Å²) in [5.41, 5.74) is 1.31. The fourth-order valence-corrected chi connectivity index (χ4v) is 6.68. The summed E-state index contributed by atoms with van der Waals surface area (Å²) in [6.45, 7) is 2.19. The Morgan fingerprint density at radius 1 is 1.35 bits per heavy atom. The van der Waals surface area contributed by atoms with E-state index in [9.17, 15) is 4.79 Å². The number of carbonyl (C=O) groups excluding carboxylic acids is 1. The molecule has 0 amide bonds. The Hall–Kier alpha value is -0.661. The van der Waals surface area contributed by atoms with E-state index in [0.29, 0.717) is 29.5 Å². The van der Waals surface area contributed by atoms with Gasteiger partial charge in [0.25, 0.3) is 0 Å². The van der Waals surface area contributed by atoms with E-state index < -0.39 is 0 Å². The number of hydrogen-bond acceptors (Lipinski definition) is 2. The first-order valence-electron chi connectivity index (χ1n) is 9.06. The standard InChI is InChI=1S/C20H26O2.Cu/c1-3-20-11-10-16-15-7-5-14(22-2)12-13(15)4-6-17(16)18(20)8-9-19(20)21;/h4,12,15-18H,3,5-9,11H2,1-2H3;. The summed E-state index contributed by atoms with van der Waals surface area (Å²) >= 11 is 6.09. The molecule has 0 spiro atoms. The van der Waals surface area contributed by atoms with Crippen molar-refractivity contribution in [3.8, 4) is 0 Å². The predicted molar refractivity (Wildman–Crippen MR) is 87.6 cm³/mol. The molecule has 3 heteroatoms. The predicted octanol–water partition coefficient (Wildman–Crippen LogP) is 3.99. The number of hydrogen-bond donors (Lipinski definition) is 0. The monoisotopic (exact) mass is 361 g/mol. The molecular formula is C20H26CuO2. The maximum absolute atomic E-state index is 12.6. The number of rotatable bonds is 2. The third-order valence-electron chi connectivity index (χ3n) is 7.14. The molecule has 4 aliphatic carbocycles. The van der Waals surface area contributed by atoms with E-state index in [1.165, 1.54) is 9.99 Å². The van der Waals surface area contributed by atoms with Gasteiger partial charge in [-0.15, -0.1) is 0 Å². The molecule has 4 aliphatic rings. The van der Waals surface area contributed by atoms with E-state index in [1.807, 2.05) is 0 Å². The fraction of sp³-hybridized carbons (Fsp3) is 0.700. The number of Topliss-reactive ketones (excluding diaryl/α,β-unsaturated/α-hetero) is 1. The van der Waals surface area contributed by atoms with Crippen LogP contribution in [0.3, 0.4) is 0 Å². The van der Waals surface area contributed by atoms with Crippen molar-refractivity contribution in [1.29, 1.82) is 0 Å². The quantitative estimate of drug-likeness (QED) is 0.695. The van der Waals surface area contributed by atoms with E-state index in [2.05, 4.69) is 19.1 Å². The summed E-state index contributed by atoms with van der Waals surface area (Å²) < 4.78 is 6.63. The number of ketones is 1. The average molecular weight is 362 g/mol. The Balaban J connectivity index is 1.72. The van der Waals surface area contributed by atoms with Crippen molar-refractivity contribution in [2.75, 3.05) is 7.11 Å². The van der Waals surface area contributed by atoms with Gasteiger partial charge in [-0.2, -0.15) is 0 Å². The second-order valence-corrected chi connectivity index (χ2v) is 8.35. The summed E-state index contributed by atoms with van der Waals surface area (Å²) in [7, 11) is 1.77. The molecule has 2 nitrogen and oxygen atoms in total. The molecule has 23 heavy (non-hydrogen) atoms. The zero-order valence-electron chi connectivity index (χ0n) is 14.0. The van der Waals surface area contributed by atoms with Crippen molar-refractivity contribution in [2.24, 2.45) is 29.1 Å². The van der Waals surface area contributed by atoms with Crippen LogP contribution < -0.4 is 0 Å². The molecule has 5 unspecified atom stereocenters. The SMILES string of the molecule is CCC12C[C](=[Cu])C3C4CCC(OC)=CC4=CCC3C1CCC2=O. The Bertz CT molecular complexity index is 617. The first-order chi connectivity index (χ1) is 11.1. The summed E-state index contributed by atoms with van der Waals surface area (Å²) in [6, 6.07) is 0. The van der Waals surface area contributed by atoms with Crippen LogP contribution in [0.1, 0.15) is 51.9 Å². The van der Waals surface area contributed by atoms with Crippen LogP contribution in [0.25, 0.3) is 0 Å². The van der Waals surface area contributed by atoms with Crippen LogP contribution in [0.15, 0.2) is 23.5 Å². The second-order valence-electron chi connectivity index (χ2n) is 7.74. The third-order valence-corrected chi connectivity index (χ3v) is 7.62. The molecule has 0 aliphatic heterocycles. The van der Waals surface area contributed by atoms with Crippen molar-refractivity contribution in [1.82, 2.24) is 0 Å². The molecule has 2 fully saturated rings. The summed E-state index contributed by atoms with van der Waals surface area (Å²) in [5, 5.41) is 0. The average Bonchev–Trinajstić information content (AvgIpc) is 2.91. The summed E-state index contributed by atoms with van der Waals surface area (Å²) in [4.78, 5) is 12.6. The molecule has 0 bridgehead atoms. The molecule has 0 heterocycles. The molecule has 2 saturated carbocycles. The normalized spacial score (nSPS) is 42.4. The van der Waals surface area contributed by atoms with E-state index >= 15 is 0 Å². The molecule has 0 radical (unpaired) electrons. The topological polar surface area (TPSA) is 26.3 Å². The zero-order chi connectivity index (χ0) is 16.2. The molecular weight excluding hydrogens is 336 g/mol. The Labute approximate surface area is 147 Å². The van der Waals surface area contributed by atoms with Gasteiger partial charge in [-0.05, 0) is 0 Å². The zero-order valence-corrected chi connectivity index (χ0v) is 15.0. The number of ether oxygens (including phenoxy) is 1. The van der Waals surface area contributed by atoms with Gasteiger partial charge in [-0.25, -0.2) is 0 Å². The van der Waals surface area contributed by atoms with Gasteiger partial charge in [-0.3, -0.25) is 0 Å². The van der Waals surface area contributed by atoms with Gasteiger partial charge in [0.15, 0.2) is 0 Å². The molecule has 5 atom stereocenters. The first-order valence-corrected chi connectivity index (χ1v) is 9.53. The van der Waals surface area contributed by atoms with Gasteiger partial charge in [0.2, 0.25) is 0 Å². The van der Waals surface area contributed by atoms with Crippen LogP contribution in [-0.4, -0.2) is 17.3 Å². The molecule has 4 rings (SSSR count). The van der Waals surface area contributed by atoms with Crippen LogP contribution in [0.2, 0.25) is 0 Å². The summed E-state index contributed by atoms with van der Waals surface area (Å²) in [5.74, 6) is 3.79. The third kappa shape index (κ3) is 2.19.